The molecular weight excluding hydrogens is 578 g/mol. The minimum Gasteiger partial charge on any atom is -0.338 e. The number of halogens is 8. The first-order chi connectivity index (χ1) is 17.8. The van der Waals surface area contributed by atoms with Gasteiger partial charge in [0.25, 0.3) is 5.91 Å². The van der Waals surface area contributed by atoms with Crippen molar-refractivity contribution >= 4 is 44.6 Å². The zero-order chi connectivity index (χ0) is 28.9. The van der Waals surface area contributed by atoms with E-state index in [9.17, 15) is 42.2 Å². The summed E-state index contributed by atoms with van der Waals surface area (Å²) in [5, 5.41) is 5.18. The second-order valence-electron chi connectivity index (χ2n) is 9.41. The predicted octanol–water partition coefficient (Wildman–Crippen LogP) is 7.99. The van der Waals surface area contributed by atoms with Crippen molar-refractivity contribution < 1.29 is 42.2 Å². The van der Waals surface area contributed by atoms with E-state index in [1.54, 1.807) is 29.9 Å². The van der Waals surface area contributed by atoms with E-state index in [1.807, 2.05) is 0 Å². The topological polar surface area (TPSA) is 55.2 Å². The van der Waals surface area contributed by atoms with Crippen molar-refractivity contribution in [3.63, 3.8) is 0 Å². The lowest BCUT2D eigenvalue weighted by Gasteiger charge is -2.41. The molecule has 0 aliphatic carbocycles. The van der Waals surface area contributed by atoms with E-state index in [2.05, 4.69) is 5.10 Å². The van der Waals surface area contributed by atoms with Crippen LogP contribution in [0.3, 0.4) is 0 Å². The molecule has 1 aliphatic rings. The molecule has 3 aromatic rings. The van der Waals surface area contributed by atoms with Gasteiger partial charge in [0.2, 0.25) is 0 Å². The fourth-order valence-corrected chi connectivity index (χ4v) is 5.56. The highest BCUT2D eigenvalue weighted by Gasteiger charge is 2.65. The summed E-state index contributed by atoms with van der Waals surface area (Å²) < 4.78 is 103. The molecule has 0 unspecified atom stereocenters. The summed E-state index contributed by atoms with van der Waals surface area (Å²) in [6, 6.07) is 5.15. The highest BCUT2D eigenvalue weighted by atomic mass is 32.5. The Balaban J connectivity index is 1.34. The van der Waals surface area contributed by atoms with Crippen LogP contribution in [0.25, 0.3) is 10.9 Å². The van der Waals surface area contributed by atoms with Crippen molar-refractivity contribution in [2.45, 2.75) is 36.7 Å². The largest absolute Gasteiger partial charge is 0.441 e. The molecule has 2 aromatic carbocycles. The first-order valence-electron chi connectivity index (χ1n) is 11.6. The van der Waals surface area contributed by atoms with E-state index in [-0.39, 0.29) is 72.8 Å². The number of ketones is 1. The Labute approximate surface area is 222 Å². The molecule has 0 atom stereocenters. The van der Waals surface area contributed by atoms with Crippen molar-refractivity contribution in [2.75, 3.05) is 18.8 Å². The van der Waals surface area contributed by atoms with Gasteiger partial charge in [-0.3, -0.25) is 14.3 Å². The van der Waals surface area contributed by atoms with Crippen LogP contribution in [0.15, 0.2) is 47.5 Å². The van der Waals surface area contributed by atoms with Gasteiger partial charge in [-0.2, -0.15) is 18.3 Å². The Morgan fingerprint density at radius 3 is 2.26 bits per heavy atom. The Morgan fingerprint density at radius 1 is 1.03 bits per heavy atom. The predicted molar refractivity (Wildman–Crippen MR) is 134 cm³/mol. The van der Waals surface area contributed by atoms with Gasteiger partial charge in [0.15, 0.2) is 5.78 Å². The number of aryl methyl sites for hydroxylation is 1. The number of rotatable bonds is 9. The minimum atomic E-state index is -9.81. The van der Waals surface area contributed by atoms with Gasteiger partial charge < -0.3 is 4.90 Å². The molecule has 5 nitrogen and oxygen atoms in total. The summed E-state index contributed by atoms with van der Waals surface area (Å²) in [5.74, 6) is -1.05. The smallest absolute Gasteiger partial charge is 0.338 e. The quantitative estimate of drug-likeness (QED) is 0.142. The van der Waals surface area contributed by atoms with Crippen molar-refractivity contribution in [2.24, 2.45) is 5.92 Å². The number of carbonyl (C=O) groups excluding carboxylic acids is 2. The number of hydrogen-bond donors (Lipinski definition) is 0. The van der Waals surface area contributed by atoms with E-state index in [0.29, 0.717) is 28.6 Å². The molecular formula is C24H23F8N3O2S2. The summed E-state index contributed by atoms with van der Waals surface area (Å²) in [6.07, 6.45) is 1.82. The number of alkyl halides is 3. The first kappa shape index (κ1) is 29.2. The van der Waals surface area contributed by atoms with Gasteiger partial charge in [-0.05, 0) is 55.3 Å². The van der Waals surface area contributed by atoms with E-state index >= 15 is 0 Å². The Bertz CT molecular complexity index is 1420. The number of hydrogen-bond acceptors (Lipinski definition) is 4. The van der Waals surface area contributed by atoms with Gasteiger partial charge in [-0.25, -0.2) is 0 Å². The number of amides is 1. The molecule has 1 aromatic heterocycles. The molecule has 0 radical (unpaired) electrons. The first-order valence-corrected chi connectivity index (χ1v) is 14.6. The average Bonchev–Trinajstić information content (AvgIpc) is 3.20. The maximum absolute atomic E-state index is 12.9. The maximum Gasteiger partial charge on any atom is 0.441 e. The van der Waals surface area contributed by atoms with Crippen LogP contribution in [0.2, 0.25) is 0 Å². The minimum absolute atomic E-state index is 0.0141. The molecule has 1 fully saturated rings. The molecule has 0 N–H and O–H groups in total. The van der Waals surface area contributed by atoms with Gasteiger partial charge in [0.05, 0.1) is 5.52 Å². The molecule has 2 heterocycles. The molecule has 39 heavy (non-hydrogen) atoms. The molecule has 1 saturated heterocycles. The van der Waals surface area contributed by atoms with Crippen LogP contribution in [0.5, 0.6) is 0 Å². The molecule has 15 heteroatoms. The Kier molecular flexibility index (Phi) is 7.02. The average molecular weight is 602 g/mol. The van der Waals surface area contributed by atoms with Crippen molar-refractivity contribution in [3.05, 3.63) is 59.3 Å². The highest BCUT2D eigenvalue weighted by molar-refractivity contribution is 8.45. The normalized spacial score (nSPS) is 16.6. The lowest BCUT2D eigenvalue weighted by molar-refractivity contribution is -0.0328. The zero-order valence-electron chi connectivity index (χ0n) is 20.4. The number of thioether (sulfide) groups is 1. The van der Waals surface area contributed by atoms with Crippen LogP contribution in [-0.2, 0) is 6.54 Å². The van der Waals surface area contributed by atoms with E-state index < -0.39 is 26.5 Å². The Hall–Kier alpha value is -2.81. The maximum atomic E-state index is 12.9. The monoisotopic (exact) mass is 601 g/mol. The number of aromatic nitrogens is 2. The van der Waals surface area contributed by atoms with Gasteiger partial charge in [-0.1, -0.05) is 31.2 Å². The molecule has 0 bridgehead atoms. The van der Waals surface area contributed by atoms with Crippen molar-refractivity contribution in [3.8, 4) is 0 Å². The molecule has 0 saturated carbocycles. The Morgan fingerprint density at radius 2 is 1.67 bits per heavy atom. The van der Waals surface area contributed by atoms with Gasteiger partial charge in [0.1, 0.15) is 4.90 Å². The van der Waals surface area contributed by atoms with Crippen molar-refractivity contribution in [1.29, 1.82) is 0 Å². The lowest BCUT2D eigenvalue weighted by Crippen LogP contribution is -2.51. The van der Waals surface area contributed by atoms with E-state index in [0.717, 1.165) is 12.1 Å². The third-order valence-corrected chi connectivity index (χ3v) is 8.34. The number of benzene rings is 2. The molecule has 1 aliphatic heterocycles. The summed E-state index contributed by atoms with van der Waals surface area (Å²) in [6.45, 7) is 2.73. The number of Topliss-reactive ketones (excluding diaryl/α,β-unsaturated/α-hetero) is 1. The number of fused-ring (bicyclic) bond motifs is 1. The van der Waals surface area contributed by atoms with Crippen LogP contribution in [0, 0.1) is 12.8 Å². The van der Waals surface area contributed by atoms with Crippen LogP contribution >= 0.6 is 22.0 Å². The fourth-order valence-electron chi connectivity index (χ4n) is 4.38. The van der Waals surface area contributed by atoms with Gasteiger partial charge in [0, 0.05) is 60.4 Å². The summed E-state index contributed by atoms with van der Waals surface area (Å²) in [5.41, 5.74) is -2.77. The van der Waals surface area contributed by atoms with Crippen LogP contribution in [-0.4, -0.2) is 50.7 Å². The third kappa shape index (κ3) is 7.04. The van der Waals surface area contributed by atoms with Crippen LogP contribution in [0.4, 0.5) is 32.6 Å². The van der Waals surface area contributed by atoms with Crippen molar-refractivity contribution in [1.82, 2.24) is 14.7 Å². The summed E-state index contributed by atoms with van der Waals surface area (Å²) >= 11 is -0.161. The second-order valence-corrected chi connectivity index (χ2v) is 13.0. The fraction of sp³-hybridized carbons (Fsp3) is 0.375. The molecule has 214 valence electrons. The molecule has 1 amide bonds. The molecule has 0 spiro atoms. The number of nitrogens with zero attached hydrogens (tertiary/aromatic N) is 3. The summed E-state index contributed by atoms with van der Waals surface area (Å²) in [7, 11) is -9.81. The van der Waals surface area contributed by atoms with E-state index in [4.69, 9.17) is 0 Å². The number of carbonyl (C=O) groups is 2. The SMILES string of the molecule is Cc1c(C(=O)CCCSC(F)(F)F)ccc2nn(CC3CN(C(=O)c4ccc(S(F)(F)(F)(F)F)cc4)C3)cc12. The second kappa shape index (κ2) is 9.39. The zero-order valence-corrected chi connectivity index (χ0v) is 22.0. The van der Waals surface area contributed by atoms with E-state index in [1.165, 1.54) is 4.90 Å². The van der Waals surface area contributed by atoms with Crippen LogP contribution in [0.1, 0.15) is 39.1 Å². The number of likely N-dealkylation sites (tertiary alicyclic amines) is 1. The van der Waals surface area contributed by atoms with Gasteiger partial charge in [-0.15, -0.1) is 0 Å². The highest BCUT2D eigenvalue weighted by Crippen LogP contribution is 3.02. The molecule has 4 rings (SSSR count). The standard InChI is InChI=1S/C24H23F8N3O2S2/c1-15-19(22(36)3-2-10-38-24(25,26)27)8-9-21-20(15)14-35(33-21)13-16-11-34(12-16)23(37)17-4-6-18(7-5-17)39(28,29,30,31)32/h4-9,14,16H,2-3,10-13H2,1H3. The van der Waals surface area contributed by atoms with Crippen LogP contribution < -0.4 is 0 Å². The van der Waals surface area contributed by atoms with Gasteiger partial charge >= 0.3 is 15.7 Å². The summed E-state index contributed by atoms with van der Waals surface area (Å²) in [4.78, 5) is 24.4. The third-order valence-electron chi connectivity index (χ3n) is 6.36. The lowest BCUT2D eigenvalue weighted by atomic mass is 9.98.